The van der Waals surface area contributed by atoms with Gasteiger partial charge in [0.05, 0.1) is 6.26 Å². The minimum atomic E-state index is -0.109. The third kappa shape index (κ3) is 3.94. The van der Waals surface area contributed by atoms with Crippen molar-refractivity contribution in [2.24, 2.45) is 0 Å². The van der Waals surface area contributed by atoms with Crippen molar-refractivity contribution in [2.45, 2.75) is 6.42 Å². The van der Waals surface area contributed by atoms with E-state index in [0.717, 1.165) is 6.42 Å². The van der Waals surface area contributed by atoms with E-state index in [0.29, 0.717) is 12.3 Å². The molecule has 1 heterocycles. The third-order valence-corrected chi connectivity index (χ3v) is 2.50. The fourth-order valence-electron chi connectivity index (χ4n) is 1.58. The summed E-state index contributed by atoms with van der Waals surface area (Å²) in [6.07, 6.45) is 5.54. The van der Waals surface area contributed by atoms with Gasteiger partial charge in [-0.05, 0) is 30.2 Å². The maximum Gasteiger partial charge on any atom is 0.244 e. The summed E-state index contributed by atoms with van der Waals surface area (Å²) >= 11 is 0. The van der Waals surface area contributed by atoms with Gasteiger partial charge < -0.3 is 9.73 Å². The van der Waals surface area contributed by atoms with Crippen LogP contribution >= 0.6 is 0 Å². The molecular weight excluding hydrogens is 226 g/mol. The first-order valence-electron chi connectivity index (χ1n) is 5.88. The van der Waals surface area contributed by atoms with Gasteiger partial charge in [0.1, 0.15) is 5.76 Å². The summed E-state index contributed by atoms with van der Waals surface area (Å²) in [6, 6.07) is 13.6. The van der Waals surface area contributed by atoms with Gasteiger partial charge in [0.2, 0.25) is 5.91 Å². The molecule has 0 spiro atoms. The van der Waals surface area contributed by atoms with Crippen molar-refractivity contribution in [3.05, 3.63) is 66.1 Å². The van der Waals surface area contributed by atoms with Crippen molar-refractivity contribution in [1.29, 1.82) is 0 Å². The number of amides is 1. The summed E-state index contributed by atoms with van der Waals surface area (Å²) in [5.74, 6) is 0.565. The van der Waals surface area contributed by atoms with E-state index in [9.17, 15) is 4.79 Å². The summed E-state index contributed by atoms with van der Waals surface area (Å²) in [6.45, 7) is 0.630. The van der Waals surface area contributed by atoms with Gasteiger partial charge in [0.15, 0.2) is 0 Å². The van der Waals surface area contributed by atoms with Gasteiger partial charge >= 0.3 is 0 Å². The number of hydrogen-bond acceptors (Lipinski definition) is 2. The molecule has 0 radical (unpaired) electrons. The summed E-state index contributed by atoms with van der Waals surface area (Å²) in [7, 11) is 0. The van der Waals surface area contributed by atoms with Crippen LogP contribution in [0.1, 0.15) is 11.3 Å². The fraction of sp³-hybridized carbons (Fsp3) is 0.133. The lowest BCUT2D eigenvalue weighted by Crippen LogP contribution is -2.23. The Hall–Kier alpha value is -2.29. The Labute approximate surface area is 106 Å². The highest BCUT2D eigenvalue weighted by Gasteiger charge is 1.96. The molecule has 0 saturated heterocycles. The Morgan fingerprint density at radius 1 is 1.17 bits per heavy atom. The molecule has 2 rings (SSSR count). The molecule has 0 fully saturated rings. The minimum absolute atomic E-state index is 0.109. The van der Waals surface area contributed by atoms with E-state index in [2.05, 4.69) is 5.32 Å². The minimum Gasteiger partial charge on any atom is -0.465 e. The summed E-state index contributed by atoms with van der Waals surface area (Å²) in [4.78, 5) is 11.5. The first-order valence-corrected chi connectivity index (χ1v) is 5.88. The van der Waals surface area contributed by atoms with Crippen LogP contribution in [0.4, 0.5) is 0 Å². The number of benzene rings is 1. The number of nitrogens with one attached hydrogen (secondary N) is 1. The first kappa shape index (κ1) is 12.2. The van der Waals surface area contributed by atoms with Crippen LogP contribution in [0.3, 0.4) is 0 Å². The topological polar surface area (TPSA) is 42.2 Å². The standard InChI is InChI=1S/C15H15NO2/c17-15(9-8-14-7-4-12-18-14)16-11-10-13-5-2-1-3-6-13/h1-9,12H,10-11H2,(H,16,17)/b9-8+. The van der Waals surface area contributed by atoms with Crippen LogP contribution < -0.4 is 5.32 Å². The third-order valence-electron chi connectivity index (χ3n) is 2.50. The van der Waals surface area contributed by atoms with Crippen molar-refractivity contribution in [3.8, 4) is 0 Å². The van der Waals surface area contributed by atoms with Gasteiger partial charge in [-0.25, -0.2) is 0 Å². The van der Waals surface area contributed by atoms with E-state index in [1.54, 1.807) is 24.5 Å². The maximum absolute atomic E-state index is 11.5. The molecule has 0 bridgehead atoms. The predicted octanol–water partition coefficient (Wildman–Crippen LogP) is 2.65. The van der Waals surface area contributed by atoms with E-state index < -0.39 is 0 Å². The molecule has 3 heteroatoms. The molecular formula is C15H15NO2. The Morgan fingerprint density at radius 3 is 2.72 bits per heavy atom. The van der Waals surface area contributed by atoms with Gasteiger partial charge in [-0.1, -0.05) is 30.3 Å². The zero-order valence-corrected chi connectivity index (χ0v) is 10.0. The van der Waals surface area contributed by atoms with Crippen LogP contribution in [0.15, 0.2) is 59.2 Å². The lowest BCUT2D eigenvalue weighted by atomic mass is 10.1. The average molecular weight is 241 g/mol. The average Bonchev–Trinajstić information content (AvgIpc) is 2.91. The highest BCUT2D eigenvalue weighted by Crippen LogP contribution is 2.02. The van der Waals surface area contributed by atoms with E-state index in [4.69, 9.17) is 4.42 Å². The largest absolute Gasteiger partial charge is 0.465 e. The molecule has 3 nitrogen and oxygen atoms in total. The van der Waals surface area contributed by atoms with Crippen molar-refractivity contribution >= 4 is 12.0 Å². The maximum atomic E-state index is 11.5. The molecule has 1 aromatic carbocycles. The normalized spacial score (nSPS) is 10.7. The zero-order chi connectivity index (χ0) is 12.6. The highest BCUT2D eigenvalue weighted by atomic mass is 16.3. The molecule has 0 aliphatic heterocycles. The number of carbonyl (C=O) groups excluding carboxylic acids is 1. The van der Waals surface area contributed by atoms with Gasteiger partial charge in [0, 0.05) is 12.6 Å². The molecule has 0 saturated carbocycles. The van der Waals surface area contributed by atoms with E-state index in [1.807, 2.05) is 30.3 Å². The molecule has 2 aromatic rings. The van der Waals surface area contributed by atoms with Crippen LogP contribution in [0.5, 0.6) is 0 Å². The molecule has 18 heavy (non-hydrogen) atoms. The van der Waals surface area contributed by atoms with Crippen molar-refractivity contribution in [3.63, 3.8) is 0 Å². The number of carbonyl (C=O) groups is 1. The second kappa shape index (κ2) is 6.45. The lowest BCUT2D eigenvalue weighted by molar-refractivity contribution is -0.116. The molecule has 1 N–H and O–H groups in total. The van der Waals surface area contributed by atoms with E-state index in [-0.39, 0.29) is 5.91 Å². The SMILES string of the molecule is O=C(/C=C/c1ccco1)NCCc1ccccc1. The van der Waals surface area contributed by atoms with Crippen LogP contribution in [-0.2, 0) is 11.2 Å². The van der Waals surface area contributed by atoms with Crippen LogP contribution in [0, 0.1) is 0 Å². The van der Waals surface area contributed by atoms with Crippen LogP contribution in [0.2, 0.25) is 0 Å². The van der Waals surface area contributed by atoms with Gasteiger partial charge in [-0.2, -0.15) is 0 Å². The van der Waals surface area contributed by atoms with E-state index in [1.165, 1.54) is 11.6 Å². The lowest BCUT2D eigenvalue weighted by Gasteiger charge is -2.02. The molecule has 0 aliphatic rings. The Bertz CT molecular complexity index is 501. The second-order valence-corrected chi connectivity index (χ2v) is 3.88. The van der Waals surface area contributed by atoms with Gasteiger partial charge in [-0.15, -0.1) is 0 Å². The number of furan rings is 1. The number of hydrogen-bond donors (Lipinski definition) is 1. The molecule has 1 amide bonds. The summed E-state index contributed by atoms with van der Waals surface area (Å²) in [5.41, 5.74) is 1.22. The molecule has 0 aliphatic carbocycles. The van der Waals surface area contributed by atoms with Gasteiger partial charge in [-0.3, -0.25) is 4.79 Å². The fourth-order valence-corrected chi connectivity index (χ4v) is 1.58. The Kier molecular flexibility index (Phi) is 4.36. The second-order valence-electron chi connectivity index (χ2n) is 3.88. The quantitative estimate of drug-likeness (QED) is 0.818. The Balaban J connectivity index is 1.72. The summed E-state index contributed by atoms with van der Waals surface area (Å²) < 4.78 is 5.09. The van der Waals surface area contributed by atoms with E-state index >= 15 is 0 Å². The Morgan fingerprint density at radius 2 is 2.00 bits per heavy atom. The zero-order valence-electron chi connectivity index (χ0n) is 10.0. The smallest absolute Gasteiger partial charge is 0.244 e. The molecule has 92 valence electrons. The monoisotopic (exact) mass is 241 g/mol. The van der Waals surface area contributed by atoms with Crippen LogP contribution in [0.25, 0.3) is 6.08 Å². The highest BCUT2D eigenvalue weighted by molar-refractivity contribution is 5.91. The molecule has 0 unspecified atom stereocenters. The number of rotatable bonds is 5. The first-order chi connectivity index (χ1) is 8.84. The summed E-state index contributed by atoms with van der Waals surface area (Å²) in [5, 5.41) is 2.83. The van der Waals surface area contributed by atoms with Crippen molar-refractivity contribution in [2.75, 3.05) is 6.54 Å². The van der Waals surface area contributed by atoms with Crippen molar-refractivity contribution < 1.29 is 9.21 Å². The predicted molar refractivity (Wildman–Crippen MR) is 70.9 cm³/mol. The van der Waals surface area contributed by atoms with Crippen LogP contribution in [-0.4, -0.2) is 12.5 Å². The molecule has 1 aromatic heterocycles. The molecule has 0 atom stereocenters. The van der Waals surface area contributed by atoms with Crippen molar-refractivity contribution in [1.82, 2.24) is 5.32 Å². The van der Waals surface area contributed by atoms with Gasteiger partial charge in [0.25, 0.3) is 0 Å².